The van der Waals surface area contributed by atoms with Gasteiger partial charge in [0.05, 0.1) is 29.5 Å². The van der Waals surface area contributed by atoms with Crippen molar-refractivity contribution in [2.75, 3.05) is 18.4 Å². The first-order chi connectivity index (χ1) is 13.0. The molecule has 0 radical (unpaired) electrons. The van der Waals surface area contributed by atoms with Crippen molar-refractivity contribution in [3.63, 3.8) is 0 Å². The summed E-state index contributed by atoms with van der Waals surface area (Å²) in [5.74, 6) is 1.52. The Morgan fingerprint density at radius 3 is 2.81 bits per heavy atom. The number of piperidine rings is 1. The molecule has 1 fully saturated rings. The number of aromatic nitrogens is 3. The van der Waals surface area contributed by atoms with E-state index in [0.29, 0.717) is 6.54 Å². The summed E-state index contributed by atoms with van der Waals surface area (Å²) in [6.45, 7) is 6.31. The number of nitrogens with two attached hydrogens (primary N) is 1. The lowest BCUT2D eigenvalue weighted by Gasteiger charge is -2.41. The Kier molecular flexibility index (Phi) is 4.86. The number of carbonyl (C=O) groups is 1. The zero-order valence-electron chi connectivity index (χ0n) is 15.9. The van der Waals surface area contributed by atoms with Crippen molar-refractivity contribution in [3.05, 3.63) is 33.7 Å². The number of thiazole rings is 1. The molecule has 1 saturated heterocycles. The topological polar surface area (TPSA) is 97.0 Å². The maximum absolute atomic E-state index is 11.5. The number of nitrogens with zero attached hydrogens (tertiary/aromatic N) is 4. The number of rotatable bonds is 5. The van der Waals surface area contributed by atoms with Gasteiger partial charge in [0.15, 0.2) is 0 Å². The van der Waals surface area contributed by atoms with Gasteiger partial charge in [0, 0.05) is 16.4 Å². The van der Waals surface area contributed by atoms with Gasteiger partial charge >= 0.3 is 0 Å². The quantitative estimate of drug-likeness (QED) is 0.816. The lowest BCUT2D eigenvalue weighted by atomic mass is 9.76. The van der Waals surface area contributed by atoms with E-state index in [9.17, 15) is 4.79 Å². The molecule has 144 valence electrons. The van der Waals surface area contributed by atoms with Crippen LogP contribution in [0.25, 0.3) is 0 Å². The van der Waals surface area contributed by atoms with Crippen molar-refractivity contribution < 1.29 is 4.79 Å². The van der Waals surface area contributed by atoms with E-state index in [0.717, 1.165) is 56.1 Å². The molecule has 1 unspecified atom stereocenters. The largest absolute Gasteiger partial charge is 0.368 e. The molecule has 1 amide bonds. The van der Waals surface area contributed by atoms with Gasteiger partial charge in [0.25, 0.3) is 0 Å². The van der Waals surface area contributed by atoms with Crippen LogP contribution in [0.2, 0.25) is 0 Å². The average Bonchev–Trinajstić information content (AvgIpc) is 3.29. The van der Waals surface area contributed by atoms with E-state index in [4.69, 9.17) is 10.7 Å². The van der Waals surface area contributed by atoms with Gasteiger partial charge in [-0.15, -0.1) is 11.3 Å². The summed E-state index contributed by atoms with van der Waals surface area (Å²) in [4.78, 5) is 27.6. The lowest BCUT2D eigenvalue weighted by Crippen LogP contribution is -2.50. The van der Waals surface area contributed by atoms with Crippen LogP contribution >= 0.6 is 11.3 Å². The highest BCUT2D eigenvalue weighted by atomic mass is 32.1. The Hall–Kier alpha value is -2.06. The number of aryl methyl sites for hydroxylation is 1. The zero-order valence-corrected chi connectivity index (χ0v) is 16.7. The number of hydrogen-bond donors (Lipinski definition) is 2. The van der Waals surface area contributed by atoms with Gasteiger partial charge in [-0.05, 0) is 52.6 Å². The standard InChI is InChI=1S/C19H26N6OS/c1-12(17(20)26)25-7-5-19(6-8-25)4-3-15-16(19)23-13(2)24-18(15)21-9-14-10-27-11-22-14/h10-12H,3-9H2,1-2H3,(H2,20,26)(H,21,23,24). The van der Waals surface area contributed by atoms with Gasteiger partial charge in [0.2, 0.25) is 5.91 Å². The maximum Gasteiger partial charge on any atom is 0.234 e. The molecular formula is C19H26N6OS. The third kappa shape index (κ3) is 3.43. The van der Waals surface area contributed by atoms with Gasteiger partial charge in [-0.3, -0.25) is 9.69 Å². The molecule has 1 aliphatic carbocycles. The first-order valence-electron chi connectivity index (χ1n) is 9.51. The molecule has 27 heavy (non-hydrogen) atoms. The molecule has 0 bridgehead atoms. The highest BCUT2D eigenvalue weighted by Crippen LogP contribution is 2.47. The van der Waals surface area contributed by atoms with Crippen molar-refractivity contribution in [1.29, 1.82) is 0 Å². The van der Waals surface area contributed by atoms with E-state index < -0.39 is 0 Å². The van der Waals surface area contributed by atoms with E-state index in [2.05, 4.69) is 25.6 Å². The molecule has 1 spiro atoms. The number of primary amides is 1. The van der Waals surface area contributed by atoms with Crippen LogP contribution in [0.1, 0.15) is 49.0 Å². The Labute approximate surface area is 163 Å². The van der Waals surface area contributed by atoms with Gasteiger partial charge in [0.1, 0.15) is 11.6 Å². The average molecular weight is 387 g/mol. The predicted octanol–water partition coefficient (Wildman–Crippen LogP) is 2.01. The Bertz CT molecular complexity index is 829. The summed E-state index contributed by atoms with van der Waals surface area (Å²) in [6.07, 6.45) is 4.13. The van der Waals surface area contributed by atoms with Gasteiger partial charge in [-0.25, -0.2) is 15.0 Å². The van der Waals surface area contributed by atoms with Gasteiger partial charge in [-0.2, -0.15) is 0 Å². The Balaban J connectivity index is 1.54. The summed E-state index contributed by atoms with van der Waals surface area (Å²) in [5, 5.41) is 5.53. The van der Waals surface area contributed by atoms with E-state index in [1.54, 1.807) is 11.3 Å². The molecule has 1 atom stereocenters. The molecule has 4 rings (SSSR count). The number of fused-ring (bicyclic) bond motifs is 2. The molecule has 7 nitrogen and oxygen atoms in total. The molecule has 3 heterocycles. The van der Waals surface area contributed by atoms with Crippen LogP contribution in [0.5, 0.6) is 0 Å². The molecule has 1 aliphatic heterocycles. The lowest BCUT2D eigenvalue weighted by molar-refractivity contribution is -0.123. The Morgan fingerprint density at radius 1 is 1.37 bits per heavy atom. The van der Waals surface area contributed by atoms with Crippen LogP contribution in [0, 0.1) is 6.92 Å². The van der Waals surface area contributed by atoms with Crippen molar-refractivity contribution >= 4 is 23.1 Å². The monoisotopic (exact) mass is 386 g/mol. The van der Waals surface area contributed by atoms with Crippen molar-refractivity contribution in [2.24, 2.45) is 5.73 Å². The van der Waals surface area contributed by atoms with Crippen LogP contribution < -0.4 is 11.1 Å². The van der Waals surface area contributed by atoms with E-state index >= 15 is 0 Å². The Morgan fingerprint density at radius 2 is 2.15 bits per heavy atom. The normalized spacial score (nSPS) is 19.8. The SMILES string of the molecule is Cc1nc(NCc2cscn2)c2c(n1)C1(CC2)CCN(C(C)C(N)=O)CC1. The van der Waals surface area contributed by atoms with Gasteiger partial charge < -0.3 is 11.1 Å². The van der Waals surface area contributed by atoms with Crippen LogP contribution in [-0.4, -0.2) is 44.9 Å². The number of hydrogen-bond acceptors (Lipinski definition) is 7. The molecular weight excluding hydrogens is 360 g/mol. The fourth-order valence-electron chi connectivity index (χ4n) is 4.41. The fraction of sp³-hybridized carbons (Fsp3) is 0.579. The molecule has 3 N–H and O–H groups in total. The van der Waals surface area contributed by atoms with Crippen LogP contribution in [0.4, 0.5) is 5.82 Å². The molecule has 0 aromatic carbocycles. The number of amides is 1. The predicted molar refractivity (Wildman–Crippen MR) is 106 cm³/mol. The minimum atomic E-state index is -0.246. The summed E-state index contributed by atoms with van der Waals surface area (Å²) in [6, 6.07) is -0.203. The number of nitrogens with one attached hydrogen (secondary N) is 1. The third-order valence-electron chi connectivity index (χ3n) is 6.11. The maximum atomic E-state index is 11.5. The first-order valence-corrected chi connectivity index (χ1v) is 10.4. The van der Waals surface area contributed by atoms with Gasteiger partial charge in [-0.1, -0.05) is 0 Å². The molecule has 2 aliphatic rings. The van der Waals surface area contributed by atoms with E-state index in [-0.39, 0.29) is 17.4 Å². The summed E-state index contributed by atoms with van der Waals surface area (Å²) >= 11 is 1.60. The van der Waals surface area contributed by atoms with Crippen LogP contribution in [-0.2, 0) is 23.2 Å². The molecule has 0 saturated carbocycles. The second-order valence-electron chi connectivity index (χ2n) is 7.67. The summed E-state index contributed by atoms with van der Waals surface area (Å²) in [5.41, 5.74) is 10.9. The minimum absolute atomic E-state index is 0.105. The highest BCUT2D eigenvalue weighted by Gasteiger charge is 2.44. The molecule has 8 heteroatoms. The second-order valence-corrected chi connectivity index (χ2v) is 8.39. The summed E-state index contributed by atoms with van der Waals surface area (Å²) < 4.78 is 0. The number of likely N-dealkylation sites (tertiary alicyclic amines) is 1. The third-order valence-corrected chi connectivity index (χ3v) is 6.75. The molecule has 2 aromatic rings. The molecule has 2 aromatic heterocycles. The number of carbonyl (C=O) groups excluding carboxylic acids is 1. The van der Waals surface area contributed by atoms with Crippen LogP contribution in [0.3, 0.4) is 0 Å². The smallest absolute Gasteiger partial charge is 0.234 e. The second kappa shape index (κ2) is 7.16. The number of anilines is 1. The first kappa shape index (κ1) is 18.3. The van der Waals surface area contributed by atoms with Crippen molar-refractivity contribution in [2.45, 2.75) is 57.5 Å². The van der Waals surface area contributed by atoms with E-state index in [1.807, 2.05) is 19.4 Å². The zero-order chi connectivity index (χ0) is 19.0. The van der Waals surface area contributed by atoms with Crippen molar-refractivity contribution in [1.82, 2.24) is 19.9 Å². The van der Waals surface area contributed by atoms with Crippen molar-refractivity contribution in [3.8, 4) is 0 Å². The summed E-state index contributed by atoms with van der Waals surface area (Å²) in [7, 11) is 0. The fourth-order valence-corrected chi connectivity index (χ4v) is 4.96. The van der Waals surface area contributed by atoms with E-state index in [1.165, 1.54) is 11.3 Å². The minimum Gasteiger partial charge on any atom is -0.368 e. The van der Waals surface area contributed by atoms with Crippen LogP contribution in [0.15, 0.2) is 10.9 Å². The highest BCUT2D eigenvalue weighted by molar-refractivity contribution is 7.07.